The number of halogens is 1. The molecule has 0 unspecified atom stereocenters. The number of aromatic hydroxyl groups is 2. The van der Waals surface area contributed by atoms with Gasteiger partial charge in [0.15, 0.2) is 5.78 Å². The van der Waals surface area contributed by atoms with Crippen molar-refractivity contribution in [3.8, 4) is 11.5 Å². The average molecular weight is 391 g/mol. The summed E-state index contributed by atoms with van der Waals surface area (Å²) in [6.07, 6.45) is 11.4. The van der Waals surface area contributed by atoms with Gasteiger partial charge in [0.1, 0.15) is 17.1 Å². The minimum atomic E-state index is -0.781. The van der Waals surface area contributed by atoms with E-state index >= 15 is 0 Å². The number of hydrogen-bond acceptors (Lipinski definition) is 5. The van der Waals surface area contributed by atoms with Crippen molar-refractivity contribution in [2.75, 3.05) is 0 Å². The van der Waals surface area contributed by atoms with E-state index in [2.05, 4.69) is 0 Å². The number of hydrogen-bond donors (Lipinski definition) is 2. The number of carbonyl (C=O) groups is 2. The molecule has 0 spiro atoms. The first-order valence-electron chi connectivity index (χ1n) is 8.76. The van der Waals surface area contributed by atoms with Crippen LogP contribution < -0.4 is 0 Å². The fourth-order valence-electron chi connectivity index (χ4n) is 2.91. The SMILES string of the molecule is C[C@@H]1C=CC/C=C\C=C\C(=O)Cc2c(Cl)c(O)cc(O)c2C(=O)O[C@H](C)C1. The van der Waals surface area contributed by atoms with Gasteiger partial charge in [-0.15, -0.1) is 0 Å². The minimum Gasteiger partial charge on any atom is -0.507 e. The van der Waals surface area contributed by atoms with Crippen LogP contribution in [0.15, 0.2) is 42.5 Å². The van der Waals surface area contributed by atoms with E-state index in [0.29, 0.717) is 6.42 Å². The number of esters is 1. The summed E-state index contributed by atoms with van der Waals surface area (Å²) in [6, 6.07) is 0.972. The Morgan fingerprint density at radius 1 is 1.11 bits per heavy atom. The number of cyclic esters (lactones) is 1. The second-order valence-corrected chi connectivity index (χ2v) is 6.98. The van der Waals surface area contributed by atoms with Crippen LogP contribution in [-0.2, 0) is 16.0 Å². The van der Waals surface area contributed by atoms with Gasteiger partial charge in [0.2, 0.25) is 0 Å². The number of ether oxygens (including phenoxy) is 1. The lowest BCUT2D eigenvalue weighted by Gasteiger charge is -2.18. The molecule has 1 aromatic rings. The third kappa shape index (κ3) is 5.73. The molecule has 2 N–H and O–H groups in total. The van der Waals surface area contributed by atoms with Crippen LogP contribution in [0.25, 0.3) is 0 Å². The standard InChI is InChI=1S/C21H23ClO5/c1-13-8-6-4-3-5-7-9-15(23)11-16-19(21(26)27-14(2)10-13)17(24)12-18(25)20(16)22/h3,5-9,12-14,24-25H,4,10-11H2,1-2H3/b5-3-,8-6?,9-7+/t13-,14-/m1/s1. The van der Waals surface area contributed by atoms with Gasteiger partial charge in [-0.3, -0.25) is 4.79 Å². The second-order valence-electron chi connectivity index (χ2n) is 6.61. The molecule has 0 bridgehead atoms. The largest absolute Gasteiger partial charge is 0.507 e. The van der Waals surface area contributed by atoms with Crippen LogP contribution in [0.2, 0.25) is 5.02 Å². The molecule has 1 aliphatic heterocycles. The zero-order chi connectivity index (χ0) is 20.0. The number of rotatable bonds is 0. The van der Waals surface area contributed by atoms with Gasteiger partial charge < -0.3 is 14.9 Å². The third-order valence-electron chi connectivity index (χ3n) is 4.15. The van der Waals surface area contributed by atoms with Crippen LogP contribution in [0.1, 0.15) is 42.6 Å². The molecule has 1 aliphatic rings. The van der Waals surface area contributed by atoms with E-state index in [-0.39, 0.29) is 34.3 Å². The number of phenolic OH excluding ortho intramolecular Hbond substituents is 2. The maximum atomic E-state index is 12.6. The molecule has 5 nitrogen and oxygen atoms in total. The van der Waals surface area contributed by atoms with Crippen molar-refractivity contribution < 1.29 is 24.5 Å². The Hall–Kier alpha value is -2.53. The molecule has 6 heteroatoms. The Labute approximate surface area is 163 Å². The van der Waals surface area contributed by atoms with Crippen molar-refractivity contribution in [3.05, 3.63) is 58.7 Å². The molecule has 144 valence electrons. The van der Waals surface area contributed by atoms with E-state index in [1.54, 1.807) is 19.1 Å². The molecule has 0 aliphatic carbocycles. The van der Waals surface area contributed by atoms with Gasteiger partial charge in [0.25, 0.3) is 0 Å². The molecular weight excluding hydrogens is 368 g/mol. The molecule has 27 heavy (non-hydrogen) atoms. The average Bonchev–Trinajstić information content (AvgIpc) is 2.57. The van der Waals surface area contributed by atoms with Crippen molar-refractivity contribution in [2.45, 2.75) is 39.2 Å². The van der Waals surface area contributed by atoms with Crippen molar-refractivity contribution in [1.29, 1.82) is 0 Å². The van der Waals surface area contributed by atoms with E-state index < -0.39 is 23.6 Å². The van der Waals surface area contributed by atoms with Crippen molar-refractivity contribution >= 4 is 23.4 Å². The van der Waals surface area contributed by atoms with E-state index in [0.717, 1.165) is 12.5 Å². The van der Waals surface area contributed by atoms with Crippen LogP contribution >= 0.6 is 11.6 Å². The summed E-state index contributed by atoms with van der Waals surface area (Å²) in [6.45, 7) is 3.78. The highest BCUT2D eigenvalue weighted by atomic mass is 35.5. The smallest absolute Gasteiger partial charge is 0.342 e. The predicted molar refractivity (Wildman–Crippen MR) is 104 cm³/mol. The maximum absolute atomic E-state index is 12.6. The summed E-state index contributed by atoms with van der Waals surface area (Å²) in [5.41, 5.74) is -0.151. The van der Waals surface area contributed by atoms with Crippen LogP contribution in [0.5, 0.6) is 11.5 Å². The van der Waals surface area contributed by atoms with Crippen LogP contribution in [-0.4, -0.2) is 28.1 Å². The lowest BCUT2D eigenvalue weighted by Crippen LogP contribution is -2.19. The van der Waals surface area contributed by atoms with Gasteiger partial charge >= 0.3 is 5.97 Å². The van der Waals surface area contributed by atoms with Crippen LogP contribution in [0.4, 0.5) is 0 Å². The fraction of sp³-hybridized carbons (Fsp3) is 0.333. The second kappa shape index (κ2) is 9.42. The summed E-state index contributed by atoms with van der Waals surface area (Å²) in [5.74, 6) is -1.79. The highest BCUT2D eigenvalue weighted by molar-refractivity contribution is 6.33. The summed E-state index contributed by atoms with van der Waals surface area (Å²) < 4.78 is 5.44. The van der Waals surface area contributed by atoms with E-state index in [1.807, 2.05) is 25.2 Å². The molecule has 2 atom stereocenters. The van der Waals surface area contributed by atoms with Crippen LogP contribution in [0.3, 0.4) is 0 Å². The summed E-state index contributed by atoms with van der Waals surface area (Å²) in [7, 11) is 0. The highest BCUT2D eigenvalue weighted by Gasteiger charge is 2.26. The first-order valence-corrected chi connectivity index (χ1v) is 9.14. The fourth-order valence-corrected chi connectivity index (χ4v) is 3.13. The van der Waals surface area contributed by atoms with Crippen molar-refractivity contribution in [3.63, 3.8) is 0 Å². The van der Waals surface area contributed by atoms with Gasteiger partial charge in [-0.25, -0.2) is 4.79 Å². The summed E-state index contributed by atoms with van der Waals surface area (Å²) in [5, 5.41) is 19.9. The zero-order valence-electron chi connectivity index (χ0n) is 15.3. The molecule has 0 saturated carbocycles. The Balaban J connectivity index is 2.46. The number of benzene rings is 1. The van der Waals surface area contributed by atoms with E-state index in [9.17, 15) is 19.8 Å². The Morgan fingerprint density at radius 3 is 2.59 bits per heavy atom. The monoisotopic (exact) mass is 390 g/mol. The van der Waals surface area contributed by atoms with Gasteiger partial charge in [-0.05, 0) is 31.8 Å². The molecule has 0 saturated heterocycles. The predicted octanol–water partition coefficient (Wildman–Crippen LogP) is 4.51. The molecule has 0 fully saturated rings. The minimum absolute atomic E-state index is 0.0463. The Morgan fingerprint density at radius 2 is 1.85 bits per heavy atom. The maximum Gasteiger partial charge on any atom is 0.342 e. The van der Waals surface area contributed by atoms with Gasteiger partial charge in [-0.1, -0.05) is 48.9 Å². The molecule has 1 heterocycles. The first-order chi connectivity index (χ1) is 12.8. The molecule has 0 amide bonds. The lowest BCUT2D eigenvalue weighted by atomic mass is 9.99. The molecule has 0 aromatic heterocycles. The van der Waals surface area contributed by atoms with E-state index in [4.69, 9.17) is 16.3 Å². The molecule has 1 aromatic carbocycles. The Kier molecular flexibility index (Phi) is 7.25. The zero-order valence-corrected chi connectivity index (χ0v) is 16.1. The van der Waals surface area contributed by atoms with Gasteiger partial charge in [-0.2, -0.15) is 0 Å². The normalized spacial score (nSPS) is 24.1. The highest BCUT2D eigenvalue weighted by Crippen LogP contribution is 2.37. The summed E-state index contributed by atoms with van der Waals surface area (Å²) >= 11 is 6.10. The van der Waals surface area contributed by atoms with Crippen LogP contribution in [0, 0.1) is 5.92 Å². The number of fused-ring (bicyclic) bond motifs is 1. The lowest BCUT2D eigenvalue weighted by molar-refractivity contribution is -0.114. The Bertz CT molecular complexity index is 807. The van der Waals surface area contributed by atoms with Gasteiger partial charge in [0, 0.05) is 18.1 Å². The topological polar surface area (TPSA) is 83.8 Å². The van der Waals surface area contributed by atoms with Crippen molar-refractivity contribution in [2.24, 2.45) is 5.92 Å². The molecule has 0 radical (unpaired) electrons. The number of ketones is 1. The number of allylic oxidation sites excluding steroid dienone is 6. The van der Waals surface area contributed by atoms with Crippen molar-refractivity contribution in [1.82, 2.24) is 0 Å². The first kappa shape index (κ1) is 20.8. The quantitative estimate of drug-likeness (QED) is 0.503. The molecular formula is C21H23ClO5. The number of carbonyl (C=O) groups excluding carboxylic acids is 2. The number of phenols is 2. The van der Waals surface area contributed by atoms with E-state index in [1.165, 1.54) is 6.08 Å². The molecule has 2 rings (SSSR count). The summed E-state index contributed by atoms with van der Waals surface area (Å²) in [4.78, 5) is 24.8. The van der Waals surface area contributed by atoms with Gasteiger partial charge in [0.05, 0.1) is 11.1 Å². The third-order valence-corrected chi connectivity index (χ3v) is 4.58.